The highest BCUT2D eigenvalue weighted by Gasteiger charge is 2.30. The first-order valence-electron chi connectivity index (χ1n) is 5.26. The lowest BCUT2D eigenvalue weighted by Gasteiger charge is -2.31. The van der Waals surface area contributed by atoms with Crippen LogP contribution in [0.25, 0.3) is 0 Å². The summed E-state index contributed by atoms with van der Waals surface area (Å²) in [6.07, 6.45) is 2.18. The van der Waals surface area contributed by atoms with Crippen molar-refractivity contribution in [3.8, 4) is 0 Å². The second kappa shape index (κ2) is 5.60. The molecule has 0 aromatic heterocycles. The Hall–Kier alpha value is -0.660. The van der Waals surface area contributed by atoms with Gasteiger partial charge >= 0.3 is 5.97 Å². The van der Waals surface area contributed by atoms with Gasteiger partial charge in [0.05, 0.1) is 0 Å². The lowest BCUT2D eigenvalue weighted by Crippen LogP contribution is -2.42. The number of aliphatic hydroxyl groups excluding tert-OH is 1. The van der Waals surface area contributed by atoms with Crippen molar-refractivity contribution in [2.24, 2.45) is 5.92 Å². The van der Waals surface area contributed by atoms with Crippen LogP contribution in [0.5, 0.6) is 0 Å². The molecule has 1 atom stereocenters. The molecule has 1 aliphatic rings. The topological polar surface area (TPSA) is 94.9 Å². The van der Waals surface area contributed by atoms with Gasteiger partial charge < -0.3 is 10.2 Å². The molecule has 7 heteroatoms. The monoisotopic (exact) mass is 251 g/mol. The summed E-state index contributed by atoms with van der Waals surface area (Å²) in [5.41, 5.74) is 0. The first kappa shape index (κ1) is 13.4. The predicted octanol–water partition coefficient (Wildman–Crippen LogP) is -0.505. The van der Waals surface area contributed by atoms with Gasteiger partial charge in [-0.05, 0) is 25.2 Å². The molecule has 6 nitrogen and oxygen atoms in total. The van der Waals surface area contributed by atoms with Gasteiger partial charge in [0.15, 0.2) is 5.75 Å². The molecule has 0 radical (unpaired) electrons. The molecule has 0 spiro atoms. The van der Waals surface area contributed by atoms with Gasteiger partial charge in [-0.2, -0.15) is 0 Å². The average Bonchev–Trinajstić information content (AvgIpc) is 2.16. The lowest BCUT2D eigenvalue weighted by atomic mass is 9.97. The van der Waals surface area contributed by atoms with E-state index in [1.165, 1.54) is 4.31 Å². The first-order valence-corrected chi connectivity index (χ1v) is 6.87. The van der Waals surface area contributed by atoms with Gasteiger partial charge in [0.2, 0.25) is 10.0 Å². The number of sulfonamides is 1. The quantitative estimate of drug-likeness (QED) is 0.686. The largest absolute Gasteiger partial charge is 0.480 e. The number of piperidine rings is 1. The number of nitrogens with zero attached hydrogens (tertiary/aromatic N) is 1. The first-order chi connectivity index (χ1) is 7.45. The highest BCUT2D eigenvalue weighted by Crippen LogP contribution is 2.21. The van der Waals surface area contributed by atoms with E-state index in [0.29, 0.717) is 19.5 Å². The Morgan fingerprint density at radius 1 is 1.44 bits per heavy atom. The number of carboxylic acid groups (broad SMARTS) is 1. The second-order valence-electron chi connectivity index (χ2n) is 4.03. The van der Waals surface area contributed by atoms with Crippen molar-refractivity contribution < 1.29 is 23.4 Å². The molecule has 0 aromatic rings. The zero-order valence-electron chi connectivity index (χ0n) is 9.00. The van der Waals surface area contributed by atoms with Gasteiger partial charge in [-0.3, -0.25) is 4.79 Å². The fourth-order valence-corrected chi connectivity index (χ4v) is 3.28. The summed E-state index contributed by atoms with van der Waals surface area (Å²) >= 11 is 0. The fraction of sp³-hybridized carbons (Fsp3) is 0.889. The third-order valence-electron chi connectivity index (χ3n) is 2.72. The Morgan fingerprint density at radius 2 is 2.12 bits per heavy atom. The van der Waals surface area contributed by atoms with Crippen LogP contribution >= 0.6 is 0 Å². The van der Waals surface area contributed by atoms with Gasteiger partial charge in [-0.25, -0.2) is 12.7 Å². The minimum Gasteiger partial charge on any atom is -0.480 e. The standard InChI is InChI=1S/C9H17NO5S/c11-5-3-8-2-1-4-10(6-8)16(14,15)7-9(12)13/h8,11H,1-7H2,(H,12,13). The number of hydrogen-bond donors (Lipinski definition) is 2. The molecule has 1 fully saturated rings. The normalized spacial score (nSPS) is 23.2. The molecular weight excluding hydrogens is 234 g/mol. The van der Waals surface area contributed by atoms with Crippen LogP contribution in [0.3, 0.4) is 0 Å². The van der Waals surface area contributed by atoms with E-state index in [9.17, 15) is 13.2 Å². The number of aliphatic hydroxyl groups is 1. The third kappa shape index (κ3) is 3.73. The molecule has 1 rings (SSSR count). The maximum Gasteiger partial charge on any atom is 0.320 e. The molecule has 0 saturated carbocycles. The van der Waals surface area contributed by atoms with Crippen molar-refractivity contribution in [1.29, 1.82) is 0 Å². The molecular formula is C9H17NO5S. The summed E-state index contributed by atoms with van der Waals surface area (Å²) in [5, 5.41) is 17.3. The molecule has 2 N–H and O–H groups in total. The van der Waals surface area contributed by atoms with Gasteiger partial charge in [0, 0.05) is 19.7 Å². The Balaban J connectivity index is 2.62. The number of rotatable bonds is 5. The summed E-state index contributed by atoms with van der Waals surface area (Å²) in [6, 6.07) is 0. The Morgan fingerprint density at radius 3 is 2.69 bits per heavy atom. The van der Waals surface area contributed by atoms with Crippen molar-refractivity contribution in [1.82, 2.24) is 4.31 Å². The van der Waals surface area contributed by atoms with E-state index in [2.05, 4.69) is 0 Å². The van der Waals surface area contributed by atoms with Crippen molar-refractivity contribution >= 4 is 16.0 Å². The molecule has 16 heavy (non-hydrogen) atoms. The van der Waals surface area contributed by atoms with Crippen molar-refractivity contribution in [2.75, 3.05) is 25.4 Å². The smallest absolute Gasteiger partial charge is 0.320 e. The van der Waals surface area contributed by atoms with E-state index in [4.69, 9.17) is 10.2 Å². The molecule has 1 unspecified atom stereocenters. The summed E-state index contributed by atoms with van der Waals surface area (Å²) in [6.45, 7) is 0.755. The fourth-order valence-electron chi connectivity index (χ4n) is 1.95. The maximum absolute atomic E-state index is 11.6. The molecule has 0 bridgehead atoms. The molecule has 1 aliphatic heterocycles. The van der Waals surface area contributed by atoms with E-state index < -0.39 is 21.7 Å². The van der Waals surface area contributed by atoms with Crippen LogP contribution in [0.4, 0.5) is 0 Å². The van der Waals surface area contributed by atoms with Crippen LogP contribution in [0.1, 0.15) is 19.3 Å². The Bertz CT molecular complexity index is 338. The van der Waals surface area contributed by atoms with E-state index in [1.807, 2.05) is 0 Å². The number of hydrogen-bond acceptors (Lipinski definition) is 4. The highest BCUT2D eigenvalue weighted by molar-refractivity contribution is 7.89. The number of carboxylic acids is 1. The van der Waals surface area contributed by atoms with Gasteiger partial charge in [-0.1, -0.05) is 0 Å². The van der Waals surface area contributed by atoms with Crippen molar-refractivity contribution in [3.63, 3.8) is 0 Å². The van der Waals surface area contributed by atoms with Crippen LogP contribution in [0, 0.1) is 5.92 Å². The molecule has 0 amide bonds. The summed E-state index contributed by atoms with van der Waals surface area (Å²) in [4.78, 5) is 10.4. The molecule has 0 aliphatic carbocycles. The molecule has 0 aromatic carbocycles. The maximum atomic E-state index is 11.6. The van der Waals surface area contributed by atoms with Crippen LogP contribution in [0.15, 0.2) is 0 Å². The second-order valence-corrected chi connectivity index (χ2v) is 6.00. The van der Waals surface area contributed by atoms with E-state index in [1.54, 1.807) is 0 Å². The van der Waals surface area contributed by atoms with Gasteiger partial charge in [0.1, 0.15) is 0 Å². The summed E-state index contributed by atoms with van der Waals surface area (Å²) in [5.74, 6) is -2.04. The van der Waals surface area contributed by atoms with Crippen LogP contribution in [-0.2, 0) is 14.8 Å². The molecule has 1 heterocycles. The predicted molar refractivity (Wildman–Crippen MR) is 57.4 cm³/mol. The zero-order chi connectivity index (χ0) is 12.2. The number of carbonyl (C=O) groups is 1. The summed E-state index contributed by atoms with van der Waals surface area (Å²) < 4.78 is 24.5. The molecule has 94 valence electrons. The SMILES string of the molecule is O=C(O)CS(=O)(=O)N1CCCC(CCO)C1. The van der Waals surface area contributed by atoms with E-state index >= 15 is 0 Å². The Labute approximate surface area is 94.9 Å². The highest BCUT2D eigenvalue weighted by atomic mass is 32.2. The molecule has 1 saturated heterocycles. The van der Waals surface area contributed by atoms with E-state index in [-0.39, 0.29) is 12.5 Å². The van der Waals surface area contributed by atoms with Crippen molar-refractivity contribution in [3.05, 3.63) is 0 Å². The number of aliphatic carboxylic acids is 1. The average molecular weight is 251 g/mol. The van der Waals surface area contributed by atoms with Gasteiger partial charge in [0.25, 0.3) is 0 Å². The van der Waals surface area contributed by atoms with Crippen molar-refractivity contribution in [2.45, 2.75) is 19.3 Å². The van der Waals surface area contributed by atoms with Crippen LogP contribution in [0.2, 0.25) is 0 Å². The van der Waals surface area contributed by atoms with E-state index in [0.717, 1.165) is 12.8 Å². The lowest BCUT2D eigenvalue weighted by molar-refractivity contribution is -0.134. The third-order valence-corrected chi connectivity index (χ3v) is 4.45. The minimum absolute atomic E-state index is 0.0392. The van der Waals surface area contributed by atoms with Crippen LogP contribution in [-0.4, -0.2) is 54.4 Å². The van der Waals surface area contributed by atoms with Gasteiger partial charge in [-0.15, -0.1) is 0 Å². The van der Waals surface area contributed by atoms with Crippen LogP contribution < -0.4 is 0 Å². The Kier molecular flexibility index (Phi) is 4.69. The minimum atomic E-state index is -3.68. The zero-order valence-corrected chi connectivity index (χ0v) is 9.82. The summed E-state index contributed by atoms with van der Waals surface area (Å²) in [7, 11) is -3.68.